The van der Waals surface area contributed by atoms with Gasteiger partial charge in [0.1, 0.15) is 12.4 Å². The van der Waals surface area contributed by atoms with E-state index < -0.39 is 0 Å². The molecule has 25 heavy (non-hydrogen) atoms. The third kappa shape index (κ3) is 4.20. The van der Waals surface area contributed by atoms with Gasteiger partial charge in [0, 0.05) is 30.7 Å². The van der Waals surface area contributed by atoms with Crippen LogP contribution in [0.1, 0.15) is 38.2 Å². The first kappa shape index (κ1) is 17.5. The summed E-state index contributed by atoms with van der Waals surface area (Å²) in [7, 11) is 0. The van der Waals surface area contributed by atoms with Gasteiger partial charge in [-0.25, -0.2) is 9.78 Å². The van der Waals surface area contributed by atoms with Gasteiger partial charge in [-0.15, -0.1) is 0 Å². The van der Waals surface area contributed by atoms with Crippen LogP contribution in [-0.2, 0) is 17.8 Å². The van der Waals surface area contributed by atoms with Gasteiger partial charge in [-0.1, -0.05) is 26.0 Å². The average molecular weight is 342 g/mol. The minimum atomic E-state index is -0.270. The third-order valence-corrected chi connectivity index (χ3v) is 4.37. The van der Waals surface area contributed by atoms with Gasteiger partial charge in [0.05, 0.1) is 13.1 Å². The highest BCUT2D eigenvalue weighted by Crippen LogP contribution is 2.23. The quantitative estimate of drug-likeness (QED) is 0.838. The number of aromatic nitrogens is 2. The number of hydrogen-bond donors (Lipinski definition) is 1. The molecule has 1 atom stereocenters. The largest absolute Gasteiger partial charge is 0.447 e. The number of nitrogens with zero attached hydrogens (tertiary/aromatic N) is 3. The Morgan fingerprint density at radius 1 is 1.32 bits per heavy atom. The first-order valence-electron chi connectivity index (χ1n) is 8.82. The van der Waals surface area contributed by atoms with Gasteiger partial charge >= 0.3 is 6.09 Å². The molecule has 1 aromatic carbocycles. The molecular formula is C19H26N4O2. The Labute approximate surface area is 148 Å². The van der Waals surface area contributed by atoms with E-state index >= 15 is 0 Å². The van der Waals surface area contributed by atoms with Crippen molar-refractivity contribution < 1.29 is 9.53 Å². The van der Waals surface area contributed by atoms with Crippen LogP contribution in [0.15, 0.2) is 36.7 Å². The van der Waals surface area contributed by atoms with Crippen molar-refractivity contribution in [2.45, 2.75) is 39.9 Å². The Morgan fingerprint density at radius 3 is 2.88 bits per heavy atom. The highest BCUT2D eigenvalue weighted by Gasteiger charge is 2.23. The van der Waals surface area contributed by atoms with Crippen molar-refractivity contribution in [3.63, 3.8) is 0 Å². The maximum absolute atomic E-state index is 11.7. The molecule has 1 N–H and O–H groups in total. The van der Waals surface area contributed by atoms with Crippen molar-refractivity contribution in [2.75, 3.05) is 18.1 Å². The van der Waals surface area contributed by atoms with E-state index in [0.29, 0.717) is 25.6 Å². The van der Waals surface area contributed by atoms with E-state index in [4.69, 9.17) is 4.74 Å². The molecule has 0 radical (unpaired) electrons. The van der Waals surface area contributed by atoms with Crippen LogP contribution < -0.4 is 10.2 Å². The van der Waals surface area contributed by atoms with Crippen molar-refractivity contribution in [2.24, 2.45) is 5.92 Å². The monoisotopic (exact) mass is 342 g/mol. The summed E-state index contributed by atoms with van der Waals surface area (Å²) in [6, 6.07) is 8.20. The predicted molar refractivity (Wildman–Crippen MR) is 97.5 cm³/mol. The molecular weight excluding hydrogens is 316 g/mol. The molecule has 3 rings (SSSR count). The number of anilines is 1. The molecule has 1 amide bonds. The van der Waals surface area contributed by atoms with Crippen molar-refractivity contribution in [3.8, 4) is 0 Å². The Balaban J connectivity index is 1.65. The summed E-state index contributed by atoms with van der Waals surface area (Å²) in [5.74, 6) is 1.63. The van der Waals surface area contributed by atoms with Crippen LogP contribution >= 0.6 is 0 Å². The number of hydrogen-bond acceptors (Lipinski definition) is 4. The molecule has 1 aromatic heterocycles. The van der Waals surface area contributed by atoms with E-state index in [-0.39, 0.29) is 12.1 Å². The molecule has 1 aliphatic heterocycles. The van der Waals surface area contributed by atoms with E-state index in [9.17, 15) is 4.79 Å². The summed E-state index contributed by atoms with van der Waals surface area (Å²) in [5.41, 5.74) is 2.02. The molecule has 1 fully saturated rings. The smallest absolute Gasteiger partial charge is 0.414 e. The normalized spacial score (nSPS) is 15.7. The molecule has 2 aromatic rings. The Morgan fingerprint density at radius 2 is 2.16 bits per heavy atom. The second-order valence-electron chi connectivity index (χ2n) is 6.85. The van der Waals surface area contributed by atoms with Gasteiger partial charge < -0.3 is 14.6 Å². The zero-order valence-electron chi connectivity index (χ0n) is 15.1. The molecule has 0 unspecified atom stereocenters. The summed E-state index contributed by atoms with van der Waals surface area (Å²) in [6.45, 7) is 9.27. The number of amides is 1. The van der Waals surface area contributed by atoms with Gasteiger partial charge in [0.15, 0.2) is 0 Å². The van der Waals surface area contributed by atoms with Gasteiger partial charge in [-0.2, -0.15) is 0 Å². The summed E-state index contributed by atoms with van der Waals surface area (Å²) < 4.78 is 7.22. The van der Waals surface area contributed by atoms with Crippen molar-refractivity contribution in [1.29, 1.82) is 0 Å². The number of rotatable bonds is 7. The SMILES string of the molecule is CC(C)Cn1ccnc1CN[C@@H](C)c1cccc(N2CCOC2=O)c1. The van der Waals surface area contributed by atoms with Crippen LogP contribution in [0.4, 0.5) is 10.5 Å². The van der Waals surface area contributed by atoms with Crippen LogP contribution in [0.5, 0.6) is 0 Å². The molecule has 6 nitrogen and oxygen atoms in total. The molecule has 2 heterocycles. The lowest BCUT2D eigenvalue weighted by Crippen LogP contribution is -2.24. The standard InChI is InChI=1S/C19H26N4O2/c1-14(2)13-22-8-7-20-18(22)12-21-15(3)16-5-4-6-17(11-16)23-9-10-25-19(23)24/h4-8,11,14-15,21H,9-10,12-13H2,1-3H3/t15-/m0/s1. The Hall–Kier alpha value is -2.34. The van der Waals surface area contributed by atoms with E-state index in [1.165, 1.54) is 0 Å². The van der Waals surface area contributed by atoms with E-state index in [1.54, 1.807) is 4.90 Å². The maximum atomic E-state index is 11.7. The minimum Gasteiger partial charge on any atom is -0.447 e. The van der Waals surface area contributed by atoms with Crippen LogP contribution in [0.25, 0.3) is 0 Å². The van der Waals surface area contributed by atoms with Crippen LogP contribution in [0.3, 0.4) is 0 Å². The molecule has 134 valence electrons. The van der Waals surface area contributed by atoms with Crippen LogP contribution in [0.2, 0.25) is 0 Å². The van der Waals surface area contributed by atoms with Crippen molar-refractivity contribution in [3.05, 3.63) is 48.0 Å². The van der Waals surface area contributed by atoms with Gasteiger partial charge in [0.2, 0.25) is 0 Å². The molecule has 0 spiro atoms. The minimum absolute atomic E-state index is 0.155. The first-order chi connectivity index (χ1) is 12.0. The number of carbonyl (C=O) groups excluding carboxylic acids is 1. The summed E-state index contributed by atoms with van der Waals surface area (Å²) in [6.07, 6.45) is 3.61. The second-order valence-corrected chi connectivity index (χ2v) is 6.85. The number of nitrogens with one attached hydrogen (secondary N) is 1. The molecule has 1 aliphatic rings. The van der Waals surface area contributed by atoms with Crippen molar-refractivity contribution >= 4 is 11.8 Å². The fraction of sp³-hybridized carbons (Fsp3) is 0.474. The van der Waals surface area contributed by atoms with Gasteiger partial charge in [-0.05, 0) is 30.5 Å². The van der Waals surface area contributed by atoms with E-state index in [1.807, 2.05) is 30.6 Å². The highest BCUT2D eigenvalue weighted by atomic mass is 16.6. The summed E-state index contributed by atoms with van der Waals surface area (Å²) in [5, 5.41) is 3.53. The second kappa shape index (κ2) is 7.70. The zero-order chi connectivity index (χ0) is 17.8. The summed E-state index contributed by atoms with van der Waals surface area (Å²) >= 11 is 0. The van der Waals surface area contributed by atoms with E-state index in [0.717, 1.165) is 23.6 Å². The number of imidazole rings is 1. The van der Waals surface area contributed by atoms with Crippen LogP contribution in [-0.4, -0.2) is 28.8 Å². The van der Waals surface area contributed by atoms with Gasteiger partial charge in [0.25, 0.3) is 0 Å². The topological polar surface area (TPSA) is 59.4 Å². The fourth-order valence-electron chi connectivity index (χ4n) is 3.02. The Kier molecular flexibility index (Phi) is 5.38. The van der Waals surface area contributed by atoms with Gasteiger partial charge in [-0.3, -0.25) is 4.90 Å². The lowest BCUT2D eigenvalue weighted by Gasteiger charge is -2.18. The van der Waals surface area contributed by atoms with Crippen molar-refractivity contribution in [1.82, 2.24) is 14.9 Å². The molecule has 6 heteroatoms. The molecule has 0 aliphatic carbocycles. The molecule has 1 saturated heterocycles. The number of carbonyl (C=O) groups is 1. The maximum Gasteiger partial charge on any atom is 0.414 e. The summed E-state index contributed by atoms with van der Waals surface area (Å²) in [4.78, 5) is 17.9. The number of benzene rings is 1. The molecule has 0 saturated carbocycles. The zero-order valence-corrected chi connectivity index (χ0v) is 15.1. The van der Waals surface area contributed by atoms with Crippen LogP contribution in [0, 0.1) is 5.92 Å². The molecule has 0 bridgehead atoms. The average Bonchev–Trinajstić information content (AvgIpc) is 3.21. The predicted octanol–water partition coefficient (Wildman–Crippen LogP) is 3.35. The fourth-order valence-corrected chi connectivity index (χ4v) is 3.02. The number of ether oxygens (including phenoxy) is 1. The third-order valence-electron chi connectivity index (χ3n) is 4.37. The lowest BCUT2D eigenvalue weighted by molar-refractivity contribution is 0.181. The number of cyclic esters (lactones) is 1. The lowest BCUT2D eigenvalue weighted by atomic mass is 10.1. The Bertz CT molecular complexity index is 726. The first-order valence-corrected chi connectivity index (χ1v) is 8.82. The highest BCUT2D eigenvalue weighted by molar-refractivity contribution is 5.89. The van der Waals surface area contributed by atoms with E-state index in [2.05, 4.69) is 41.7 Å².